The normalized spacial score (nSPS) is 17.4. The molecule has 3 rings (SSSR count). The smallest absolute Gasteiger partial charge is 0.266 e. The van der Waals surface area contributed by atoms with E-state index in [1.165, 1.54) is 11.8 Å². The van der Waals surface area contributed by atoms with Crippen molar-refractivity contribution in [2.45, 2.75) is 46.4 Å². The number of carbonyl (C=O) groups is 1. The van der Waals surface area contributed by atoms with Crippen LogP contribution < -0.4 is 4.74 Å². The fraction of sp³-hybridized carbons (Fsp3) is 0.304. The van der Waals surface area contributed by atoms with Gasteiger partial charge in [-0.3, -0.25) is 14.7 Å². The molecule has 1 aliphatic heterocycles. The topological polar surface area (TPSA) is 41.9 Å². The third kappa shape index (κ3) is 5.04. The molecule has 1 amide bonds. The number of ether oxygens (including phenoxy) is 1. The van der Waals surface area contributed by atoms with Crippen LogP contribution in [0.2, 0.25) is 0 Å². The molecule has 5 heteroatoms. The first-order valence-corrected chi connectivity index (χ1v) is 10.3. The van der Waals surface area contributed by atoms with Gasteiger partial charge in [-0.05, 0) is 68.8 Å². The molecule has 0 saturated carbocycles. The van der Waals surface area contributed by atoms with Crippen molar-refractivity contribution in [1.82, 2.24) is 4.90 Å². The van der Waals surface area contributed by atoms with E-state index in [1.54, 1.807) is 4.90 Å². The fourth-order valence-electron chi connectivity index (χ4n) is 2.81. The Kier molecular flexibility index (Phi) is 6.57. The summed E-state index contributed by atoms with van der Waals surface area (Å²) in [4.78, 5) is 19.9. The SMILES string of the molecule is CC(C)N=C1S/C(=C/c2ccc(OCc3ccccc3)cc2)C(=O)N1C(C)C. The van der Waals surface area contributed by atoms with E-state index in [-0.39, 0.29) is 18.0 Å². The van der Waals surface area contributed by atoms with Crippen molar-refractivity contribution < 1.29 is 9.53 Å². The number of nitrogens with zero attached hydrogens (tertiary/aromatic N) is 2. The zero-order valence-corrected chi connectivity index (χ0v) is 17.6. The second-order valence-electron chi connectivity index (χ2n) is 7.23. The Hall–Kier alpha value is -2.53. The number of thioether (sulfide) groups is 1. The van der Waals surface area contributed by atoms with Gasteiger partial charge in [0.05, 0.1) is 4.91 Å². The molecule has 4 nitrogen and oxygen atoms in total. The molecule has 146 valence electrons. The lowest BCUT2D eigenvalue weighted by molar-refractivity contribution is -0.123. The minimum atomic E-state index is 0.0174. The average Bonchev–Trinajstić information content (AvgIpc) is 2.96. The highest BCUT2D eigenvalue weighted by atomic mass is 32.2. The Balaban J connectivity index is 1.71. The summed E-state index contributed by atoms with van der Waals surface area (Å²) in [5.41, 5.74) is 2.10. The van der Waals surface area contributed by atoms with Crippen LogP contribution in [0.5, 0.6) is 5.75 Å². The van der Waals surface area contributed by atoms with Crippen LogP contribution in [0.1, 0.15) is 38.8 Å². The molecule has 0 atom stereocenters. The zero-order chi connectivity index (χ0) is 20.1. The Morgan fingerprint density at radius 1 is 1.04 bits per heavy atom. The first-order chi connectivity index (χ1) is 13.4. The van der Waals surface area contributed by atoms with Crippen LogP contribution in [-0.2, 0) is 11.4 Å². The molecular weight excluding hydrogens is 368 g/mol. The highest BCUT2D eigenvalue weighted by molar-refractivity contribution is 8.18. The maximum absolute atomic E-state index is 12.8. The van der Waals surface area contributed by atoms with E-state index in [2.05, 4.69) is 4.99 Å². The first-order valence-electron chi connectivity index (χ1n) is 9.51. The molecule has 1 fully saturated rings. The number of rotatable bonds is 6. The molecule has 0 spiro atoms. The predicted octanol–water partition coefficient (Wildman–Crippen LogP) is 5.35. The fourth-order valence-corrected chi connectivity index (χ4v) is 4.04. The monoisotopic (exact) mass is 394 g/mol. The van der Waals surface area contributed by atoms with Crippen molar-refractivity contribution in [2.24, 2.45) is 4.99 Å². The highest BCUT2D eigenvalue weighted by Gasteiger charge is 2.35. The van der Waals surface area contributed by atoms with Gasteiger partial charge in [0.25, 0.3) is 5.91 Å². The quantitative estimate of drug-likeness (QED) is 0.620. The van der Waals surface area contributed by atoms with Gasteiger partial charge < -0.3 is 4.74 Å². The largest absolute Gasteiger partial charge is 0.489 e. The van der Waals surface area contributed by atoms with Gasteiger partial charge >= 0.3 is 0 Å². The summed E-state index contributed by atoms with van der Waals surface area (Å²) in [7, 11) is 0. The van der Waals surface area contributed by atoms with Gasteiger partial charge in [-0.1, -0.05) is 42.5 Å². The van der Waals surface area contributed by atoms with Crippen LogP contribution in [0.25, 0.3) is 6.08 Å². The van der Waals surface area contributed by atoms with E-state index in [4.69, 9.17) is 4.74 Å². The summed E-state index contributed by atoms with van der Waals surface area (Å²) in [5.74, 6) is 0.825. The molecule has 0 N–H and O–H groups in total. The summed E-state index contributed by atoms with van der Waals surface area (Å²) in [5, 5.41) is 0.782. The van der Waals surface area contributed by atoms with Gasteiger partial charge in [0.2, 0.25) is 0 Å². The lowest BCUT2D eigenvalue weighted by atomic mass is 10.2. The van der Waals surface area contributed by atoms with Crippen LogP contribution in [0, 0.1) is 0 Å². The number of hydrogen-bond donors (Lipinski definition) is 0. The highest BCUT2D eigenvalue weighted by Crippen LogP contribution is 2.34. The van der Waals surface area contributed by atoms with E-state index in [1.807, 2.05) is 88.4 Å². The van der Waals surface area contributed by atoms with Crippen LogP contribution in [-0.4, -0.2) is 28.1 Å². The van der Waals surface area contributed by atoms with Gasteiger partial charge in [-0.2, -0.15) is 0 Å². The molecule has 1 aliphatic rings. The zero-order valence-electron chi connectivity index (χ0n) is 16.8. The van der Waals surface area contributed by atoms with E-state index < -0.39 is 0 Å². The Bertz CT molecular complexity index is 871. The van der Waals surface area contributed by atoms with Crippen molar-refractivity contribution in [3.8, 4) is 5.75 Å². The second kappa shape index (κ2) is 9.11. The van der Waals surface area contributed by atoms with Gasteiger partial charge in [-0.25, -0.2) is 0 Å². The molecule has 0 bridgehead atoms. The molecule has 0 unspecified atom stereocenters. The molecular formula is C23H26N2O2S. The van der Waals surface area contributed by atoms with Crippen molar-refractivity contribution >= 4 is 28.9 Å². The number of carbonyl (C=O) groups excluding carboxylic acids is 1. The summed E-state index contributed by atoms with van der Waals surface area (Å²) in [6.07, 6.45) is 1.92. The van der Waals surface area contributed by atoms with E-state index in [0.717, 1.165) is 22.0 Å². The predicted molar refractivity (Wildman–Crippen MR) is 117 cm³/mol. The van der Waals surface area contributed by atoms with Crippen molar-refractivity contribution in [2.75, 3.05) is 0 Å². The third-order valence-corrected chi connectivity index (χ3v) is 5.15. The molecule has 2 aromatic rings. The molecule has 0 radical (unpaired) electrons. The summed E-state index contributed by atoms with van der Waals surface area (Å²) < 4.78 is 5.83. The van der Waals surface area contributed by atoms with Gasteiger partial charge in [0, 0.05) is 12.1 Å². The molecule has 2 aromatic carbocycles. The van der Waals surface area contributed by atoms with E-state index in [9.17, 15) is 4.79 Å². The average molecular weight is 395 g/mol. The number of amides is 1. The Morgan fingerprint density at radius 2 is 1.71 bits per heavy atom. The number of amidine groups is 1. The van der Waals surface area contributed by atoms with Crippen molar-refractivity contribution in [3.05, 3.63) is 70.6 Å². The molecule has 1 heterocycles. The second-order valence-corrected chi connectivity index (χ2v) is 8.24. The minimum Gasteiger partial charge on any atom is -0.489 e. The van der Waals surface area contributed by atoms with E-state index >= 15 is 0 Å². The van der Waals surface area contributed by atoms with Crippen LogP contribution >= 0.6 is 11.8 Å². The van der Waals surface area contributed by atoms with E-state index in [0.29, 0.717) is 11.5 Å². The molecule has 28 heavy (non-hydrogen) atoms. The third-order valence-electron chi connectivity index (χ3n) is 4.15. The van der Waals surface area contributed by atoms with Gasteiger partial charge in [0.15, 0.2) is 5.17 Å². The Morgan fingerprint density at radius 3 is 2.32 bits per heavy atom. The number of aliphatic imine (C=N–C) groups is 1. The molecule has 0 aliphatic carbocycles. The molecule has 0 aromatic heterocycles. The van der Waals surface area contributed by atoms with Gasteiger partial charge in [0.1, 0.15) is 12.4 Å². The van der Waals surface area contributed by atoms with Crippen LogP contribution in [0.3, 0.4) is 0 Å². The van der Waals surface area contributed by atoms with Gasteiger partial charge in [-0.15, -0.1) is 0 Å². The standard InChI is InChI=1S/C23H26N2O2S/c1-16(2)24-23-25(17(3)4)22(26)21(28-23)14-18-10-12-20(13-11-18)27-15-19-8-6-5-7-9-19/h5-14,16-17H,15H2,1-4H3/b21-14+,24-23?. The Labute approximate surface area is 171 Å². The maximum atomic E-state index is 12.8. The number of hydrogen-bond acceptors (Lipinski definition) is 4. The minimum absolute atomic E-state index is 0.0174. The van der Waals surface area contributed by atoms with Crippen molar-refractivity contribution in [3.63, 3.8) is 0 Å². The van der Waals surface area contributed by atoms with Crippen LogP contribution in [0.4, 0.5) is 0 Å². The lowest BCUT2D eigenvalue weighted by Crippen LogP contribution is -2.35. The van der Waals surface area contributed by atoms with Crippen LogP contribution in [0.15, 0.2) is 64.5 Å². The molecule has 1 saturated heterocycles. The summed E-state index contributed by atoms with van der Waals surface area (Å²) >= 11 is 1.45. The summed E-state index contributed by atoms with van der Waals surface area (Å²) in [6, 6.07) is 18.1. The lowest BCUT2D eigenvalue weighted by Gasteiger charge is -2.20. The number of benzene rings is 2. The first kappa shape index (κ1) is 20.2. The van der Waals surface area contributed by atoms with Crippen molar-refractivity contribution in [1.29, 1.82) is 0 Å². The maximum Gasteiger partial charge on any atom is 0.266 e. The summed E-state index contributed by atoms with van der Waals surface area (Å²) in [6.45, 7) is 8.60.